The molecule has 1 saturated carbocycles. The standard InChI is InChI=1S/C43H63N5O8/c1-4-54-38-26-37(53-3)17-16-34(38)27-44-28-39(49)48-21-10-15-35(29-48)32-13-9-14-33(25-32)42(51)46-41(31-11-7-6-8-12-31)43(52)45-20-24-56-36-18-22-47(23-19-36)30-40(50)55-5-2/h9,13-14,16-17,25-26,31,35-36,41,44H,4-8,10-12,15,18-24,27-30H2,1-3H3,(H,45,52)(H,46,51)/t35?,41-/m1/s1. The summed E-state index contributed by atoms with van der Waals surface area (Å²) in [6.45, 7) is 9.23. The van der Waals surface area contributed by atoms with Gasteiger partial charge in [0.25, 0.3) is 5.91 Å². The maximum Gasteiger partial charge on any atom is 0.320 e. The number of carbonyl (C=O) groups excluding carboxylic acids is 4. The average molecular weight is 778 g/mol. The van der Waals surface area contributed by atoms with Gasteiger partial charge in [-0.15, -0.1) is 0 Å². The normalized spacial score (nSPS) is 18.8. The smallest absolute Gasteiger partial charge is 0.320 e. The number of amides is 3. The van der Waals surface area contributed by atoms with Crippen molar-refractivity contribution in [1.29, 1.82) is 0 Å². The molecule has 308 valence electrons. The van der Waals surface area contributed by atoms with Gasteiger partial charge in [-0.05, 0) is 82.1 Å². The van der Waals surface area contributed by atoms with Crippen LogP contribution in [0.3, 0.4) is 0 Å². The van der Waals surface area contributed by atoms with Crippen molar-refractivity contribution >= 4 is 23.7 Å². The van der Waals surface area contributed by atoms with Gasteiger partial charge in [0.05, 0.1) is 46.1 Å². The molecule has 2 aliphatic heterocycles. The lowest BCUT2D eigenvalue weighted by molar-refractivity contribution is -0.145. The van der Waals surface area contributed by atoms with E-state index in [2.05, 4.69) is 20.9 Å². The topological polar surface area (TPSA) is 148 Å². The summed E-state index contributed by atoms with van der Waals surface area (Å²) in [6, 6.07) is 12.7. The van der Waals surface area contributed by atoms with Gasteiger partial charge >= 0.3 is 5.97 Å². The Kier molecular flexibility index (Phi) is 17.3. The molecule has 0 aromatic heterocycles. The highest BCUT2D eigenvalue weighted by atomic mass is 16.5. The summed E-state index contributed by atoms with van der Waals surface area (Å²) in [5, 5.41) is 9.44. The molecule has 2 saturated heterocycles. The van der Waals surface area contributed by atoms with Crippen LogP contribution in [0.4, 0.5) is 0 Å². The Morgan fingerprint density at radius 2 is 1.70 bits per heavy atom. The lowest BCUT2D eigenvalue weighted by atomic mass is 9.83. The fraction of sp³-hybridized carbons (Fsp3) is 0.628. The molecule has 1 unspecified atom stereocenters. The quantitative estimate of drug-likeness (QED) is 0.138. The number of rotatable bonds is 19. The summed E-state index contributed by atoms with van der Waals surface area (Å²) in [5.41, 5.74) is 2.50. The van der Waals surface area contributed by atoms with Crippen molar-refractivity contribution in [3.8, 4) is 11.5 Å². The van der Waals surface area contributed by atoms with Crippen molar-refractivity contribution in [3.63, 3.8) is 0 Å². The predicted molar refractivity (Wildman–Crippen MR) is 214 cm³/mol. The van der Waals surface area contributed by atoms with Crippen LogP contribution in [0.25, 0.3) is 0 Å². The molecule has 2 aromatic carbocycles. The number of nitrogens with one attached hydrogen (secondary N) is 3. The first-order valence-corrected chi connectivity index (χ1v) is 20.7. The molecule has 13 heteroatoms. The van der Waals surface area contributed by atoms with E-state index in [1.807, 2.05) is 55.1 Å². The fourth-order valence-corrected chi connectivity index (χ4v) is 8.15. The van der Waals surface area contributed by atoms with E-state index in [0.29, 0.717) is 58.1 Å². The van der Waals surface area contributed by atoms with Gasteiger partial charge < -0.3 is 39.8 Å². The van der Waals surface area contributed by atoms with Crippen LogP contribution in [0, 0.1) is 5.92 Å². The zero-order valence-electron chi connectivity index (χ0n) is 33.7. The fourth-order valence-electron chi connectivity index (χ4n) is 8.15. The van der Waals surface area contributed by atoms with Crippen LogP contribution in [-0.2, 0) is 30.4 Å². The third-order valence-corrected chi connectivity index (χ3v) is 11.2. The number of hydrogen-bond acceptors (Lipinski definition) is 10. The number of nitrogens with zero attached hydrogens (tertiary/aromatic N) is 2. The zero-order chi connectivity index (χ0) is 39.7. The monoisotopic (exact) mass is 777 g/mol. The highest BCUT2D eigenvalue weighted by Gasteiger charge is 2.32. The van der Waals surface area contributed by atoms with Gasteiger partial charge in [0, 0.05) is 62.4 Å². The Hall–Kier alpha value is -4.20. The molecular formula is C43H63N5O8. The molecule has 3 aliphatic rings. The Morgan fingerprint density at radius 3 is 2.45 bits per heavy atom. The van der Waals surface area contributed by atoms with Gasteiger partial charge in [0.1, 0.15) is 17.5 Å². The van der Waals surface area contributed by atoms with Gasteiger partial charge in [-0.1, -0.05) is 37.5 Å². The summed E-state index contributed by atoms with van der Waals surface area (Å²) in [4.78, 5) is 56.5. The van der Waals surface area contributed by atoms with Gasteiger partial charge in [0.15, 0.2) is 0 Å². The lowest BCUT2D eigenvalue weighted by Gasteiger charge is -2.33. The number of carbonyl (C=O) groups is 4. The molecule has 3 amide bonds. The molecule has 5 rings (SSSR count). The SMILES string of the molecule is CCOC(=O)CN1CCC(OCCNC(=O)[C@H](NC(=O)c2cccc(C3CCCN(C(=O)CNCc4ccc(OC)cc4OCC)C3)c2)C2CCCCC2)CC1. The molecule has 0 radical (unpaired) electrons. The van der Waals surface area contributed by atoms with Crippen molar-refractivity contribution < 1.29 is 38.1 Å². The number of hydrogen-bond donors (Lipinski definition) is 3. The molecule has 0 bridgehead atoms. The van der Waals surface area contributed by atoms with Crippen LogP contribution >= 0.6 is 0 Å². The number of benzene rings is 2. The second-order valence-corrected chi connectivity index (χ2v) is 15.1. The number of esters is 1. The van der Waals surface area contributed by atoms with Gasteiger partial charge in [-0.2, -0.15) is 0 Å². The minimum absolute atomic E-state index is 0.0400. The van der Waals surface area contributed by atoms with E-state index in [1.54, 1.807) is 13.2 Å². The van der Waals surface area contributed by atoms with Crippen LogP contribution in [-0.4, -0.2) is 118 Å². The first-order chi connectivity index (χ1) is 27.3. The summed E-state index contributed by atoms with van der Waals surface area (Å²) >= 11 is 0. The zero-order valence-corrected chi connectivity index (χ0v) is 33.7. The van der Waals surface area contributed by atoms with Gasteiger partial charge in [0.2, 0.25) is 11.8 Å². The first-order valence-electron chi connectivity index (χ1n) is 20.7. The Bertz CT molecular complexity index is 1580. The third kappa shape index (κ3) is 12.9. The van der Waals surface area contributed by atoms with Gasteiger partial charge in [-0.3, -0.25) is 24.1 Å². The first kappa shape index (κ1) is 42.9. The van der Waals surface area contributed by atoms with Crippen LogP contribution in [0.1, 0.15) is 99.0 Å². The molecule has 2 aromatic rings. The number of methoxy groups -OCH3 is 1. The van der Waals surface area contributed by atoms with Crippen LogP contribution in [0.5, 0.6) is 11.5 Å². The summed E-state index contributed by atoms with van der Waals surface area (Å²) in [7, 11) is 1.62. The minimum atomic E-state index is -0.629. The van der Waals surface area contributed by atoms with Crippen molar-refractivity contribution in [2.75, 3.05) is 72.7 Å². The van der Waals surface area contributed by atoms with E-state index in [9.17, 15) is 19.2 Å². The third-order valence-electron chi connectivity index (χ3n) is 11.2. The molecular weight excluding hydrogens is 714 g/mol. The maximum absolute atomic E-state index is 13.8. The highest BCUT2D eigenvalue weighted by Crippen LogP contribution is 2.30. The van der Waals surface area contributed by atoms with E-state index < -0.39 is 6.04 Å². The maximum atomic E-state index is 13.8. The molecule has 1 aliphatic carbocycles. The largest absolute Gasteiger partial charge is 0.497 e. The second-order valence-electron chi connectivity index (χ2n) is 15.1. The van der Waals surface area contributed by atoms with E-state index >= 15 is 0 Å². The number of piperidine rings is 2. The number of likely N-dealkylation sites (tertiary alicyclic amines) is 2. The second kappa shape index (κ2) is 22.5. The number of ether oxygens (including phenoxy) is 4. The predicted octanol–water partition coefficient (Wildman–Crippen LogP) is 4.43. The van der Waals surface area contributed by atoms with Gasteiger partial charge in [-0.25, -0.2) is 0 Å². The highest BCUT2D eigenvalue weighted by molar-refractivity contribution is 5.97. The minimum Gasteiger partial charge on any atom is -0.497 e. The summed E-state index contributed by atoms with van der Waals surface area (Å²) in [5.74, 6) is 1.04. The van der Waals surface area contributed by atoms with E-state index in [-0.39, 0.29) is 48.2 Å². The van der Waals surface area contributed by atoms with Crippen LogP contribution in [0.15, 0.2) is 42.5 Å². The van der Waals surface area contributed by atoms with Crippen molar-refractivity contribution in [2.45, 2.75) is 96.2 Å². The van der Waals surface area contributed by atoms with Crippen LogP contribution in [0.2, 0.25) is 0 Å². The Balaban J connectivity index is 1.10. The molecule has 3 N–H and O–H groups in total. The van der Waals surface area contributed by atoms with E-state index in [1.165, 1.54) is 0 Å². The summed E-state index contributed by atoms with van der Waals surface area (Å²) < 4.78 is 22.3. The van der Waals surface area contributed by atoms with E-state index in [4.69, 9.17) is 18.9 Å². The van der Waals surface area contributed by atoms with Crippen LogP contribution < -0.4 is 25.4 Å². The Labute approximate surface area is 332 Å². The lowest BCUT2D eigenvalue weighted by Crippen LogP contribution is -2.52. The van der Waals surface area contributed by atoms with Crippen molar-refractivity contribution in [1.82, 2.24) is 25.8 Å². The average Bonchev–Trinajstić information content (AvgIpc) is 3.23. The Morgan fingerprint density at radius 1 is 0.893 bits per heavy atom. The molecule has 13 nitrogen and oxygen atoms in total. The molecule has 2 atom stereocenters. The van der Waals surface area contributed by atoms with Crippen molar-refractivity contribution in [3.05, 3.63) is 59.2 Å². The molecule has 56 heavy (non-hydrogen) atoms. The molecule has 3 fully saturated rings. The van der Waals surface area contributed by atoms with E-state index in [0.717, 1.165) is 93.5 Å². The molecule has 2 heterocycles. The van der Waals surface area contributed by atoms with Crippen molar-refractivity contribution in [2.24, 2.45) is 5.92 Å². The summed E-state index contributed by atoms with van der Waals surface area (Å²) in [6.07, 6.45) is 8.54. The molecule has 0 spiro atoms.